The fourth-order valence-corrected chi connectivity index (χ4v) is 3.24. The lowest BCUT2D eigenvalue weighted by atomic mass is 9.75. The first-order valence-electron chi connectivity index (χ1n) is 7.25. The third-order valence-corrected chi connectivity index (χ3v) is 5.09. The number of carbonyl (C=O) groups excluding carboxylic acids is 1. The molecule has 1 saturated heterocycles. The molecule has 1 atom stereocenters. The van der Waals surface area contributed by atoms with Gasteiger partial charge in [0.1, 0.15) is 0 Å². The summed E-state index contributed by atoms with van der Waals surface area (Å²) in [5, 5.41) is 6.59. The summed E-state index contributed by atoms with van der Waals surface area (Å²) in [5.74, 6) is 0.204. The SMILES string of the molecule is CCC1(C(=O)NCC2(N(C)C)CCC2)CCCN1. The number of hydrogen-bond donors (Lipinski definition) is 2. The molecular formula is C14H27N3O. The smallest absolute Gasteiger partial charge is 0.240 e. The van der Waals surface area contributed by atoms with Crippen LogP contribution < -0.4 is 10.6 Å². The molecule has 0 bridgehead atoms. The Balaban J connectivity index is 1.91. The maximum Gasteiger partial charge on any atom is 0.240 e. The van der Waals surface area contributed by atoms with E-state index in [4.69, 9.17) is 0 Å². The highest BCUT2D eigenvalue weighted by molar-refractivity contribution is 5.86. The lowest BCUT2D eigenvalue weighted by Crippen LogP contribution is -2.61. The number of amides is 1. The molecule has 0 aromatic heterocycles. The zero-order valence-electron chi connectivity index (χ0n) is 12.0. The van der Waals surface area contributed by atoms with Crippen LogP contribution in [0.3, 0.4) is 0 Å². The largest absolute Gasteiger partial charge is 0.353 e. The Kier molecular flexibility index (Phi) is 3.97. The molecule has 18 heavy (non-hydrogen) atoms. The fourth-order valence-electron chi connectivity index (χ4n) is 3.24. The molecule has 1 aliphatic carbocycles. The number of nitrogens with one attached hydrogen (secondary N) is 2. The Labute approximate surface area is 110 Å². The monoisotopic (exact) mass is 253 g/mol. The van der Waals surface area contributed by atoms with Crippen molar-refractivity contribution < 1.29 is 4.79 Å². The summed E-state index contributed by atoms with van der Waals surface area (Å²) in [4.78, 5) is 14.7. The van der Waals surface area contributed by atoms with Gasteiger partial charge in [0.15, 0.2) is 0 Å². The lowest BCUT2D eigenvalue weighted by molar-refractivity contribution is -0.128. The predicted molar refractivity (Wildman–Crippen MR) is 73.5 cm³/mol. The summed E-state index contributed by atoms with van der Waals surface area (Å²) in [6.45, 7) is 3.87. The molecule has 1 unspecified atom stereocenters. The first-order chi connectivity index (χ1) is 8.55. The van der Waals surface area contributed by atoms with Gasteiger partial charge in [-0.2, -0.15) is 0 Å². The minimum atomic E-state index is -0.294. The third-order valence-electron chi connectivity index (χ3n) is 5.09. The standard InChI is InChI=1S/C14H27N3O/c1-4-14(9-6-10-16-14)12(18)15-11-13(17(2)3)7-5-8-13/h16H,4-11H2,1-3H3,(H,15,18). The van der Waals surface area contributed by atoms with Gasteiger partial charge in [-0.15, -0.1) is 0 Å². The van der Waals surface area contributed by atoms with Crippen LogP contribution in [-0.4, -0.2) is 49.1 Å². The van der Waals surface area contributed by atoms with Gasteiger partial charge < -0.3 is 15.5 Å². The van der Waals surface area contributed by atoms with Crippen molar-refractivity contribution in [1.29, 1.82) is 0 Å². The maximum atomic E-state index is 12.4. The second-order valence-electron chi connectivity index (χ2n) is 6.12. The Morgan fingerprint density at radius 1 is 1.28 bits per heavy atom. The van der Waals surface area contributed by atoms with Gasteiger partial charge in [0, 0.05) is 12.1 Å². The molecule has 2 aliphatic rings. The van der Waals surface area contributed by atoms with Gasteiger partial charge in [-0.25, -0.2) is 0 Å². The van der Waals surface area contributed by atoms with Crippen molar-refractivity contribution in [3.63, 3.8) is 0 Å². The summed E-state index contributed by atoms with van der Waals surface area (Å²) in [6, 6.07) is 0. The molecule has 2 rings (SSSR count). The van der Waals surface area contributed by atoms with Crippen molar-refractivity contribution >= 4 is 5.91 Å². The topological polar surface area (TPSA) is 44.4 Å². The highest BCUT2D eigenvalue weighted by atomic mass is 16.2. The van der Waals surface area contributed by atoms with E-state index in [1.54, 1.807) is 0 Å². The molecule has 0 aromatic carbocycles. The zero-order valence-corrected chi connectivity index (χ0v) is 12.0. The van der Waals surface area contributed by atoms with Crippen LogP contribution in [0.25, 0.3) is 0 Å². The van der Waals surface area contributed by atoms with Gasteiger partial charge in [-0.3, -0.25) is 4.79 Å². The quantitative estimate of drug-likeness (QED) is 0.772. The summed E-state index contributed by atoms with van der Waals surface area (Å²) in [5.41, 5.74) is -0.0829. The zero-order chi connectivity index (χ0) is 13.2. The Hall–Kier alpha value is -0.610. The highest BCUT2D eigenvalue weighted by Crippen LogP contribution is 2.35. The molecule has 2 N–H and O–H groups in total. The van der Waals surface area contributed by atoms with Crippen molar-refractivity contribution in [1.82, 2.24) is 15.5 Å². The van der Waals surface area contributed by atoms with Gasteiger partial charge in [-0.1, -0.05) is 6.92 Å². The van der Waals surface area contributed by atoms with Crippen LogP contribution in [0.2, 0.25) is 0 Å². The highest BCUT2D eigenvalue weighted by Gasteiger charge is 2.43. The van der Waals surface area contributed by atoms with Crippen LogP contribution in [0, 0.1) is 0 Å². The maximum absolute atomic E-state index is 12.4. The summed E-state index contributed by atoms with van der Waals surface area (Å²) >= 11 is 0. The van der Waals surface area contributed by atoms with E-state index < -0.39 is 0 Å². The van der Waals surface area contributed by atoms with Crippen molar-refractivity contribution in [2.75, 3.05) is 27.2 Å². The number of hydrogen-bond acceptors (Lipinski definition) is 3. The molecule has 104 valence electrons. The van der Waals surface area contributed by atoms with E-state index in [1.807, 2.05) is 0 Å². The molecule has 4 nitrogen and oxygen atoms in total. The number of likely N-dealkylation sites (N-methyl/N-ethyl adjacent to an activating group) is 1. The molecule has 2 fully saturated rings. The van der Waals surface area contributed by atoms with Crippen molar-refractivity contribution in [3.8, 4) is 0 Å². The van der Waals surface area contributed by atoms with E-state index in [1.165, 1.54) is 19.3 Å². The van der Waals surface area contributed by atoms with E-state index in [0.29, 0.717) is 0 Å². The van der Waals surface area contributed by atoms with Crippen molar-refractivity contribution in [2.45, 2.75) is 56.5 Å². The molecule has 1 saturated carbocycles. The number of rotatable bonds is 5. The molecule has 0 spiro atoms. The van der Waals surface area contributed by atoms with Gasteiger partial charge in [0.2, 0.25) is 5.91 Å². The van der Waals surface area contributed by atoms with Crippen LogP contribution in [0.4, 0.5) is 0 Å². The summed E-state index contributed by atoms with van der Waals surface area (Å²) < 4.78 is 0. The molecule has 0 aromatic rings. The van der Waals surface area contributed by atoms with Crippen LogP contribution in [0.1, 0.15) is 45.4 Å². The molecule has 0 radical (unpaired) electrons. The Bertz CT molecular complexity index is 304. The number of nitrogens with zero attached hydrogens (tertiary/aromatic N) is 1. The van der Waals surface area contributed by atoms with E-state index >= 15 is 0 Å². The number of carbonyl (C=O) groups is 1. The van der Waals surface area contributed by atoms with Crippen LogP contribution in [0.5, 0.6) is 0 Å². The first-order valence-corrected chi connectivity index (χ1v) is 7.25. The van der Waals surface area contributed by atoms with Crippen molar-refractivity contribution in [3.05, 3.63) is 0 Å². The normalized spacial score (nSPS) is 30.2. The van der Waals surface area contributed by atoms with Crippen LogP contribution in [0.15, 0.2) is 0 Å². The van der Waals surface area contributed by atoms with E-state index in [0.717, 1.165) is 32.4 Å². The minimum Gasteiger partial charge on any atom is -0.353 e. The lowest BCUT2D eigenvalue weighted by Gasteiger charge is -2.47. The third kappa shape index (κ3) is 2.28. The fraction of sp³-hybridized carbons (Fsp3) is 0.929. The molecule has 1 aliphatic heterocycles. The molecule has 4 heteroatoms. The second-order valence-corrected chi connectivity index (χ2v) is 6.12. The van der Waals surface area contributed by atoms with Gasteiger partial charge >= 0.3 is 0 Å². The van der Waals surface area contributed by atoms with E-state index in [-0.39, 0.29) is 17.0 Å². The molecular weight excluding hydrogens is 226 g/mol. The van der Waals surface area contributed by atoms with E-state index in [2.05, 4.69) is 36.6 Å². The average molecular weight is 253 g/mol. The summed E-state index contributed by atoms with van der Waals surface area (Å²) in [7, 11) is 4.24. The minimum absolute atomic E-state index is 0.204. The van der Waals surface area contributed by atoms with Gasteiger partial charge in [-0.05, 0) is 59.2 Å². The molecule has 1 heterocycles. The Morgan fingerprint density at radius 3 is 2.39 bits per heavy atom. The first kappa shape index (κ1) is 13.8. The average Bonchev–Trinajstić information content (AvgIpc) is 2.76. The van der Waals surface area contributed by atoms with Gasteiger partial charge in [0.05, 0.1) is 5.54 Å². The van der Waals surface area contributed by atoms with Crippen LogP contribution in [-0.2, 0) is 4.79 Å². The molecule has 1 amide bonds. The second kappa shape index (κ2) is 5.17. The Morgan fingerprint density at radius 2 is 2.00 bits per heavy atom. The summed E-state index contributed by atoms with van der Waals surface area (Å²) in [6.07, 6.45) is 6.66. The van der Waals surface area contributed by atoms with Gasteiger partial charge in [0.25, 0.3) is 0 Å². The van der Waals surface area contributed by atoms with E-state index in [9.17, 15) is 4.79 Å². The van der Waals surface area contributed by atoms with Crippen molar-refractivity contribution in [2.24, 2.45) is 0 Å². The predicted octanol–water partition coefficient (Wildman–Crippen LogP) is 1.12. The van der Waals surface area contributed by atoms with Crippen LogP contribution >= 0.6 is 0 Å².